The number of hydrogen-bond donors (Lipinski definition) is 3. The van der Waals surface area contributed by atoms with Crippen LogP contribution < -0.4 is 15.4 Å². The van der Waals surface area contributed by atoms with Gasteiger partial charge in [-0.25, -0.2) is 21.6 Å². The van der Waals surface area contributed by atoms with Gasteiger partial charge in [-0.3, -0.25) is 14.9 Å². The molecule has 1 fully saturated rings. The fraction of sp³-hybridized carbons (Fsp3) is 0.488. The molecule has 0 bridgehead atoms. The quantitative estimate of drug-likeness (QED) is 0.134. The number of hydrogen-bond acceptors (Lipinski definition) is 10. The summed E-state index contributed by atoms with van der Waals surface area (Å²) in [5.74, 6) is 0. The van der Waals surface area contributed by atoms with Crippen LogP contribution in [0.4, 0.5) is 0 Å². The van der Waals surface area contributed by atoms with Crippen molar-refractivity contribution in [2.75, 3.05) is 52.4 Å². The standard InChI is InChI=1S/C43H58N8O4S2/c1-3-49(4-2)23-22-47-56(52,53)38-15-5-10-33(28-38)30-46-41-18-8-13-36-19-20-37(48-43(36)41)32-50-24-26-51(27-25-50)57(54,55)39-16-6-11-34(29-39)31-45-40-17-7-12-35-14-9-21-44-42(35)40/h5-6,9-11,14-16,19-21,28-29,40-41,45-47H,3-4,7-8,12-13,17-18,22-27,30-32H2,1-2H3. The van der Waals surface area contributed by atoms with Crippen molar-refractivity contribution < 1.29 is 16.8 Å². The molecule has 12 nitrogen and oxygen atoms in total. The molecule has 1 aliphatic heterocycles. The van der Waals surface area contributed by atoms with E-state index in [9.17, 15) is 16.8 Å². The molecule has 306 valence electrons. The third kappa shape index (κ3) is 10.4. The Hall–Kier alpha value is -3.60. The van der Waals surface area contributed by atoms with Crippen LogP contribution in [0.3, 0.4) is 0 Å². The summed E-state index contributed by atoms with van der Waals surface area (Å²) in [6.07, 6.45) is 8.01. The van der Waals surface area contributed by atoms with E-state index in [1.165, 1.54) is 11.1 Å². The van der Waals surface area contributed by atoms with E-state index >= 15 is 0 Å². The van der Waals surface area contributed by atoms with Gasteiger partial charge in [0.25, 0.3) is 0 Å². The Kier molecular flexibility index (Phi) is 13.8. The molecular formula is C43H58N8O4S2. The van der Waals surface area contributed by atoms with Crippen molar-refractivity contribution in [2.24, 2.45) is 0 Å². The molecule has 3 N–H and O–H groups in total. The van der Waals surface area contributed by atoms with E-state index in [1.54, 1.807) is 28.6 Å². The minimum Gasteiger partial charge on any atom is -0.305 e. The van der Waals surface area contributed by atoms with Crippen molar-refractivity contribution >= 4 is 20.0 Å². The number of benzene rings is 2. The zero-order chi connectivity index (χ0) is 39.8. The fourth-order valence-electron chi connectivity index (χ4n) is 8.38. The molecule has 57 heavy (non-hydrogen) atoms. The van der Waals surface area contributed by atoms with Gasteiger partial charge in [0.15, 0.2) is 0 Å². The van der Waals surface area contributed by atoms with E-state index in [0.717, 1.165) is 79.8 Å². The average Bonchev–Trinajstić information content (AvgIpc) is 3.24. The lowest BCUT2D eigenvalue weighted by Gasteiger charge is -2.34. The van der Waals surface area contributed by atoms with Crippen LogP contribution in [-0.4, -0.2) is 93.3 Å². The van der Waals surface area contributed by atoms with Crippen LogP contribution in [0.25, 0.3) is 0 Å². The third-order valence-electron chi connectivity index (χ3n) is 11.7. The lowest BCUT2D eigenvalue weighted by molar-refractivity contribution is 0.179. The van der Waals surface area contributed by atoms with Crippen LogP contribution in [0.15, 0.2) is 88.8 Å². The molecule has 2 aliphatic carbocycles. The van der Waals surface area contributed by atoms with Gasteiger partial charge in [-0.05, 0) is 110 Å². The highest BCUT2D eigenvalue weighted by Gasteiger charge is 2.30. The fourth-order valence-corrected chi connectivity index (χ4v) is 11.0. The molecular weight excluding hydrogens is 757 g/mol. The largest absolute Gasteiger partial charge is 0.305 e. The molecule has 0 amide bonds. The number of rotatable bonds is 17. The second kappa shape index (κ2) is 19.0. The average molecular weight is 815 g/mol. The number of nitrogens with zero attached hydrogens (tertiary/aromatic N) is 5. The van der Waals surface area contributed by atoms with Gasteiger partial charge in [0.1, 0.15) is 0 Å². The van der Waals surface area contributed by atoms with Gasteiger partial charge in [-0.1, -0.05) is 50.2 Å². The molecule has 7 rings (SSSR count). The second-order valence-electron chi connectivity index (χ2n) is 15.4. The highest BCUT2D eigenvalue weighted by molar-refractivity contribution is 7.89. The van der Waals surface area contributed by atoms with Gasteiger partial charge in [-0.15, -0.1) is 0 Å². The predicted molar refractivity (Wildman–Crippen MR) is 223 cm³/mol. The first-order valence-corrected chi connectivity index (χ1v) is 23.6. The Balaban J connectivity index is 0.920. The van der Waals surface area contributed by atoms with Crippen molar-refractivity contribution in [1.82, 2.24) is 39.4 Å². The monoisotopic (exact) mass is 814 g/mol. The van der Waals surface area contributed by atoms with Gasteiger partial charge in [-0.2, -0.15) is 4.31 Å². The minimum atomic E-state index is -3.64. The lowest BCUT2D eigenvalue weighted by atomic mass is 9.91. The summed E-state index contributed by atoms with van der Waals surface area (Å²) >= 11 is 0. The third-order valence-corrected chi connectivity index (χ3v) is 15.1. The number of fused-ring (bicyclic) bond motifs is 2. The number of pyridine rings is 2. The molecule has 14 heteroatoms. The van der Waals surface area contributed by atoms with Gasteiger partial charge in [0, 0.05) is 65.1 Å². The number of likely N-dealkylation sites (N-methyl/N-ethyl adjacent to an activating group) is 1. The van der Waals surface area contributed by atoms with Crippen LogP contribution in [0, 0.1) is 0 Å². The van der Waals surface area contributed by atoms with Crippen molar-refractivity contribution in [2.45, 2.75) is 93.9 Å². The van der Waals surface area contributed by atoms with E-state index < -0.39 is 20.0 Å². The summed E-state index contributed by atoms with van der Waals surface area (Å²) in [5, 5.41) is 7.29. The van der Waals surface area contributed by atoms with Crippen molar-refractivity contribution in [3.63, 3.8) is 0 Å². The highest BCUT2D eigenvalue weighted by Crippen LogP contribution is 2.30. The van der Waals surface area contributed by atoms with Gasteiger partial charge in [0.05, 0.1) is 39.0 Å². The van der Waals surface area contributed by atoms with Gasteiger partial charge >= 0.3 is 0 Å². The Morgan fingerprint density at radius 3 is 2.05 bits per heavy atom. The first kappa shape index (κ1) is 41.6. The number of piperazine rings is 1. The highest BCUT2D eigenvalue weighted by atomic mass is 32.2. The summed E-state index contributed by atoms with van der Waals surface area (Å²) in [4.78, 5) is 14.9. The maximum absolute atomic E-state index is 13.8. The molecule has 3 aliphatic rings. The summed E-state index contributed by atoms with van der Waals surface area (Å²) in [7, 11) is -7.25. The van der Waals surface area contributed by atoms with E-state index in [-0.39, 0.29) is 17.0 Å². The van der Waals surface area contributed by atoms with Crippen molar-refractivity contribution in [1.29, 1.82) is 0 Å². The van der Waals surface area contributed by atoms with E-state index in [0.29, 0.717) is 63.8 Å². The van der Waals surface area contributed by atoms with Crippen LogP contribution in [0.2, 0.25) is 0 Å². The Labute approximate surface area is 339 Å². The Bertz CT molecular complexity index is 2190. The molecule has 4 aromatic rings. The molecule has 0 saturated carbocycles. The van der Waals surface area contributed by atoms with Crippen LogP contribution >= 0.6 is 0 Å². The zero-order valence-corrected chi connectivity index (χ0v) is 35.0. The van der Waals surface area contributed by atoms with Gasteiger partial charge in [0.2, 0.25) is 20.0 Å². The van der Waals surface area contributed by atoms with Crippen molar-refractivity contribution in [3.05, 3.63) is 118 Å². The predicted octanol–water partition coefficient (Wildman–Crippen LogP) is 4.94. The van der Waals surface area contributed by atoms with Crippen LogP contribution in [0.5, 0.6) is 0 Å². The number of sulfonamides is 2. The van der Waals surface area contributed by atoms with E-state index in [1.807, 2.05) is 36.5 Å². The Morgan fingerprint density at radius 1 is 0.737 bits per heavy atom. The van der Waals surface area contributed by atoms with E-state index in [2.05, 4.69) is 62.2 Å². The molecule has 0 spiro atoms. The summed E-state index contributed by atoms with van der Waals surface area (Å²) < 4.78 is 58.1. The summed E-state index contributed by atoms with van der Waals surface area (Å²) in [6.45, 7) is 10.8. The molecule has 3 heterocycles. The molecule has 2 aromatic carbocycles. The maximum atomic E-state index is 13.8. The maximum Gasteiger partial charge on any atom is 0.243 e. The second-order valence-corrected chi connectivity index (χ2v) is 19.2. The lowest BCUT2D eigenvalue weighted by Crippen LogP contribution is -2.48. The Morgan fingerprint density at radius 2 is 1.37 bits per heavy atom. The molecule has 0 radical (unpaired) electrons. The SMILES string of the molecule is CCN(CC)CCNS(=O)(=O)c1cccc(CNC2CCCc3ccc(CN4CCN(S(=O)(=O)c5cccc(CNC6CCCc7cccnc76)c5)CC4)nc32)c1. The molecule has 2 unspecified atom stereocenters. The molecule has 2 atom stereocenters. The zero-order valence-electron chi connectivity index (χ0n) is 33.4. The first-order chi connectivity index (χ1) is 27.6. The van der Waals surface area contributed by atoms with Gasteiger partial charge < -0.3 is 15.5 Å². The number of nitrogens with one attached hydrogen (secondary N) is 3. The van der Waals surface area contributed by atoms with Crippen LogP contribution in [0.1, 0.15) is 91.0 Å². The normalized spacial score (nSPS) is 19.4. The number of aryl methyl sites for hydroxylation is 2. The first-order valence-electron chi connectivity index (χ1n) is 20.6. The number of aromatic nitrogens is 2. The summed E-state index contributed by atoms with van der Waals surface area (Å²) in [5.41, 5.74) is 7.52. The van der Waals surface area contributed by atoms with Crippen molar-refractivity contribution in [3.8, 4) is 0 Å². The summed E-state index contributed by atoms with van der Waals surface area (Å²) in [6, 6.07) is 23.2. The minimum absolute atomic E-state index is 0.0595. The topological polar surface area (TPSA) is 140 Å². The van der Waals surface area contributed by atoms with Crippen LogP contribution in [-0.2, 0) is 52.5 Å². The molecule has 2 aromatic heterocycles. The smallest absolute Gasteiger partial charge is 0.243 e. The molecule has 1 saturated heterocycles. The van der Waals surface area contributed by atoms with E-state index in [4.69, 9.17) is 4.98 Å².